The van der Waals surface area contributed by atoms with E-state index in [4.69, 9.17) is 12.2 Å². The highest BCUT2D eigenvalue weighted by molar-refractivity contribution is 7.82. The van der Waals surface area contributed by atoms with Crippen LogP contribution in [0.25, 0.3) is 0 Å². The molecule has 2 aromatic rings. The molecule has 0 fully saturated rings. The van der Waals surface area contributed by atoms with Crippen LogP contribution in [0.2, 0.25) is 0 Å². The monoisotopic (exact) mass is 458 g/mol. The van der Waals surface area contributed by atoms with Gasteiger partial charge in [-0.3, -0.25) is 9.59 Å². The second-order valence-corrected chi connectivity index (χ2v) is 7.70. The Labute approximate surface area is 182 Å². The molecule has 3 heterocycles. The SMILES string of the molecule is CN1CCc2nc(C(=O)NCCNC(=S)C(=O)Nc3ccc(F)cn3)sc2C1.Cl. The van der Waals surface area contributed by atoms with Crippen LogP contribution in [0.1, 0.15) is 20.4 Å². The van der Waals surface area contributed by atoms with Crippen LogP contribution in [0, 0.1) is 5.82 Å². The molecule has 2 amide bonds. The second kappa shape index (κ2) is 10.5. The van der Waals surface area contributed by atoms with Crippen LogP contribution in [0.5, 0.6) is 0 Å². The average molecular weight is 459 g/mol. The number of halogens is 2. The molecule has 1 aliphatic heterocycles. The van der Waals surface area contributed by atoms with Gasteiger partial charge in [-0.05, 0) is 19.2 Å². The van der Waals surface area contributed by atoms with E-state index in [0.29, 0.717) is 5.01 Å². The quantitative estimate of drug-likeness (QED) is 0.459. The fourth-order valence-electron chi connectivity index (χ4n) is 2.55. The number of carbonyl (C=O) groups excluding carboxylic acids is 2. The molecule has 0 spiro atoms. The van der Waals surface area contributed by atoms with Gasteiger partial charge in [0.25, 0.3) is 11.8 Å². The van der Waals surface area contributed by atoms with E-state index in [1.54, 1.807) is 0 Å². The number of carbonyl (C=O) groups is 2. The van der Waals surface area contributed by atoms with Crippen molar-refractivity contribution in [2.45, 2.75) is 13.0 Å². The fourth-order valence-corrected chi connectivity index (χ4v) is 3.81. The average Bonchev–Trinajstić information content (AvgIpc) is 3.10. The number of amides is 2. The number of likely N-dealkylation sites (N-methyl/N-ethyl adjacent to an activating group) is 1. The summed E-state index contributed by atoms with van der Waals surface area (Å²) in [7, 11) is 2.04. The number of pyridine rings is 1. The molecule has 0 saturated carbocycles. The lowest BCUT2D eigenvalue weighted by Gasteiger charge is -2.20. The summed E-state index contributed by atoms with van der Waals surface area (Å²) >= 11 is 6.40. The molecule has 2 aromatic heterocycles. The minimum atomic E-state index is -0.558. The summed E-state index contributed by atoms with van der Waals surface area (Å²) < 4.78 is 12.8. The zero-order valence-corrected chi connectivity index (χ0v) is 18.0. The van der Waals surface area contributed by atoms with Gasteiger partial charge in [0, 0.05) is 37.5 Å². The third kappa shape index (κ3) is 6.39. The van der Waals surface area contributed by atoms with Crippen LogP contribution in [0.4, 0.5) is 10.2 Å². The van der Waals surface area contributed by atoms with Crippen LogP contribution in [-0.4, -0.2) is 58.4 Å². The van der Waals surface area contributed by atoms with Crippen LogP contribution in [-0.2, 0) is 17.8 Å². The van der Waals surface area contributed by atoms with Crippen molar-refractivity contribution in [3.8, 4) is 0 Å². The zero-order chi connectivity index (χ0) is 20.1. The maximum atomic E-state index is 12.8. The highest BCUT2D eigenvalue weighted by Gasteiger charge is 2.21. The first-order valence-corrected chi connectivity index (χ1v) is 9.81. The molecule has 0 aliphatic carbocycles. The smallest absolute Gasteiger partial charge is 0.284 e. The molecule has 156 valence electrons. The van der Waals surface area contributed by atoms with E-state index in [-0.39, 0.29) is 42.2 Å². The summed E-state index contributed by atoms with van der Waals surface area (Å²) in [6.45, 7) is 2.32. The van der Waals surface area contributed by atoms with E-state index in [1.165, 1.54) is 23.5 Å². The molecule has 0 atom stereocenters. The number of fused-ring (bicyclic) bond motifs is 1. The van der Waals surface area contributed by atoms with Gasteiger partial charge >= 0.3 is 0 Å². The molecule has 0 unspecified atom stereocenters. The summed E-state index contributed by atoms with van der Waals surface area (Å²) in [5, 5.41) is 8.41. The van der Waals surface area contributed by atoms with Gasteiger partial charge < -0.3 is 20.9 Å². The highest BCUT2D eigenvalue weighted by Crippen LogP contribution is 2.24. The molecular formula is C17H20ClFN6O2S2. The molecule has 8 nitrogen and oxygen atoms in total. The summed E-state index contributed by atoms with van der Waals surface area (Å²) in [6, 6.07) is 2.52. The minimum Gasteiger partial charge on any atom is -0.370 e. The summed E-state index contributed by atoms with van der Waals surface area (Å²) in [4.78, 5) is 35.6. The number of aromatic nitrogens is 2. The Bertz CT molecular complexity index is 893. The molecule has 12 heteroatoms. The van der Waals surface area contributed by atoms with Gasteiger partial charge in [-0.2, -0.15) is 0 Å². The van der Waals surface area contributed by atoms with Crippen LogP contribution in [0.15, 0.2) is 18.3 Å². The van der Waals surface area contributed by atoms with Crippen LogP contribution >= 0.6 is 36.0 Å². The predicted octanol–water partition coefficient (Wildman–Crippen LogP) is 1.37. The van der Waals surface area contributed by atoms with Crippen molar-refractivity contribution in [1.82, 2.24) is 25.5 Å². The van der Waals surface area contributed by atoms with E-state index in [0.717, 1.165) is 36.3 Å². The zero-order valence-electron chi connectivity index (χ0n) is 15.5. The Morgan fingerprint density at radius 2 is 2.07 bits per heavy atom. The molecule has 1 aliphatic rings. The van der Waals surface area contributed by atoms with Crippen molar-refractivity contribution in [3.63, 3.8) is 0 Å². The number of thiazole rings is 1. The van der Waals surface area contributed by atoms with E-state index < -0.39 is 11.7 Å². The lowest BCUT2D eigenvalue weighted by molar-refractivity contribution is -0.110. The van der Waals surface area contributed by atoms with Gasteiger partial charge in [0.05, 0.1) is 11.9 Å². The number of anilines is 1. The third-order valence-corrected chi connectivity index (χ3v) is 5.40. The van der Waals surface area contributed by atoms with Gasteiger partial charge in [-0.1, -0.05) is 12.2 Å². The topological polar surface area (TPSA) is 99.3 Å². The Kier molecular flexibility index (Phi) is 8.38. The summed E-state index contributed by atoms with van der Waals surface area (Å²) in [5.74, 6) is -1.10. The number of hydrogen-bond acceptors (Lipinski definition) is 7. The van der Waals surface area contributed by atoms with Crippen molar-refractivity contribution in [3.05, 3.63) is 39.7 Å². The van der Waals surface area contributed by atoms with E-state index >= 15 is 0 Å². The highest BCUT2D eigenvalue weighted by atomic mass is 35.5. The maximum Gasteiger partial charge on any atom is 0.284 e. The molecule has 0 radical (unpaired) electrons. The van der Waals surface area contributed by atoms with Gasteiger partial charge in [0.15, 0.2) is 10.00 Å². The van der Waals surface area contributed by atoms with Crippen molar-refractivity contribution < 1.29 is 14.0 Å². The first kappa shape index (κ1) is 23.1. The number of thiocarbonyl (C=S) groups is 1. The summed E-state index contributed by atoms with van der Waals surface area (Å²) in [6.07, 6.45) is 1.85. The number of nitrogens with zero attached hydrogens (tertiary/aromatic N) is 3. The predicted molar refractivity (Wildman–Crippen MR) is 115 cm³/mol. The number of rotatable bonds is 5. The van der Waals surface area contributed by atoms with Gasteiger partial charge in [0.2, 0.25) is 0 Å². The maximum absolute atomic E-state index is 12.8. The molecule has 3 rings (SSSR count). The van der Waals surface area contributed by atoms with E-state index in [2.05, 4.69) is 30.8 Å². The standard InChI is InChI=1S/C17H19FN6O2S2.ClH/c1-24-7-4-11-12(9-24)28-17(22-11)15(26)19-5-6-20-16(27)14(25)23-13-3-2-10(18)8-21-13;/h2-3,8H,4-7,9H2,1H3,(H,19,26)(H,20,27)(H,21,23,25);1H. The van der Waals surface area contributed by atoms with E-state index in [9.17, 15) is 14.0 Å². The largest absolute Gasteiger partial charge is 0.370 e. The minimum absolute atomic E-state index is 0. The van der Waals surface area contributed by atoms with Gasteiger partial charge in [-0.25, -0.2) is 14.4 Å². The van der Waals surface area contributed by atoms with Crippen LogP contribution in [0.3, 0.4) is 0 Å². The van der Waals surface area contributed by atoms with Gasteiger partial charge in [0.1, 0.15) is 11.6 Å². The van der Waals surface area contributed by atoms with Crippen LogP contribution < -0.4 is 16.0 Å². The molecule has 3 N–H and O–H groups in total. The third-order valence-electron chi connectivity index (χ3n) is 3.99. The number of hydrogen-bond donors (Lipinski definition) is 3. The normalized spacial score (nSPS) is 13.0. The van der Waals surface area contributed by atoms with Crippen molar-refractivity contribution in [2.75, 3.05) is 32.0 Å². The molecule has 0 saturated heterocycles. The lowest BCUT2D eigenvalue weighted by atomic mass is 10.2. The Morgan fingerprint density at radius 1 is 1.31 bits per heavy atom. The lowest BCUT2D eigenvalue weighted by Crippen LogP contribution is -2.39. The second-order valence-electron chi connectivity index (χ2n) is 6.20. The molecule has 0 bridgehead atoms. The van der Waals surface area contributed by atoms with Crippen molar-refractivity contribution >= 4 is 58.6 Å². The van der Waals surface area contributed by atoms with Gasteiger partial charge in [-0.15, -0.1) is 23.7 Å². The molecule has 0 aromatic carbocycles. The first-order chi connectivity index (χ1) is 13.4. The van der Waals surface area contributed by atoms with Crippen molar-refractivity contribution in [2.24, 2.45) is 0 Å². The Hall–Kier alpha value is -2.21. The fraction of sp³-hybridized carbons (Fsp3) is 0.353. The van der Waals surface area contributed by atoms with Crippen molar-refractivity contribution in [1.29, 1.82) is 0 Å². The Balaban J connectivity index is 0.00000300. The number of nitrogens with one attached hydrogen (secondary N) is 3. The van der Waals surface area contributed by atoms with E-state index in [1.807, 2.05) is 7.05 Å². The Morgan fingerprint density at radius 3 is 2.79 bits per heavy atom. The molecular weight excluding hydrogens is 439 g/mol. The summed E-state index contributed by atoms with van der Waals surface area (Å²) in [5.41, 5.74) is 0.999. The molecule has 29 heavy (non-hydrogen) atoms. The first-order valence-electron chi connectivity index (χ1n) is 8.58.